The number of nitrogens with one attached hydrogen (secondary N) is 1. The fourth-order valence-corrected chi connectivity index (χ4v) is 1.39. The van der Waals surface area contributed by atoms with Gasteiger partial charge in [0.15, 0.2) is 0 Å². The number of hydroxylamine groups is 1. The maximum atomic E-state index is 12.4. The number of nitrogens with zero attached hydrogens (tertiary/aromatic N) is 1. The molecule has 1 aromatic heterocycles. The zero-order valence-corrected chi connectivity index (χ0v) is 7.37. The standard InChI is InChI=1S/C9H9FN2O2/c10-9(13)7-3-6(4-11-5-7)8-1-2-14-12-8/h3-5,8,12H,1-2H2. The maximum absolute atomic E-state index is 12.4. The molecule has 0 spiro atoms. The Kier molecular flexibility index (Phi) is 2.51. The number of carbonyl (C=O) groups excluding carboxylic acids is 1. The van der Waals surface area contributed by atoms with Crippen LogP contribution in [0.4, 0.5) is 4.39 Å². The van der Waals surface area contributed by atoms with Crippen molar-refractivity contribution < 1.29 is 14.0 Å². The van der Waals surface area contributed by atoms with Gasteiger partial charge in [-0.1, -0.05) is 0 Å². The first kappa shape index (κ1) is 9.23. The van der Waals surface area contributed by atoms with Crippen molar-refractivity contribution in [2.75, 3.05) is 6.61 Å². The Labute approximate surface area is 80.0 Å². The van der Waals surface area contributed by atoms with Crippen LogP contribution in [0.5, 0.6) is 0 Å². The van der Waals surface area contributed by atoms with Gasteiger partial charge in [0.2, 0.25) is 0 Å². The van der Waals surface area contributed by atoms with E-state index in [0.717, 1.165) is 12.0 Å². The average molecular weight is 196 g/mol. The fraction of sp³-hybridized carbons (Fsp3) is 0.333. The molecule has 1 saturated heterocycles. The summed E-state index contributed by atoms with van der Waals surface area (Å²) >= 11 is 0. The second-order valence-corrected chi connectivity index (χ2v) is 3.09. The highest BCUT2D eigenvalue weighted by Crippen LogP contribution is 2.20. The summed E-state index contributed by atoms with van der Waals surface area (Å²) in [6.07, 6.45) is 3.60. The van der Waals surface area contributed by atoms with Crippen LogP contribution in [0, 0.1) is 0 Å². The Bertz CT molecular complexity index is 350. The van der Waals surface area contributed by atoms with Crippen LogP contribution < -0.4 is 5.48 Å². The van der Waals surface area contributed by atoms with Crippen LogP contribution in [-0.4, -0.2) is 17.6 Å². The molecular weight excluding hydrogens is 187 g/mol. The van der Waals surface area contributed by atoms with Crippen molar-refractivity contribution in [1.29, 1.82) is 0 Å². The van der Waals surface area contributed by atoms with E-state index in [0.29, 0.717) is 6.61 Å². The second kappa shape index (κ2) is 3.81. The van der Waals surface area contributed by atoms with E-state index >= 15 is 0 Å². The lowest BCUT2D eigenvalue weighted by atomic mass is 10.1. The van der Waals surface area contributed by atoms with Crippen LogP contribution in [0.25, 0.3) is 0 Å². The molecule has 1 unspecified atom stereocenters. The number of hydrogen-bond donors (Lipinski definition) is 1. The highest BCUT2D eigenvalue weighted by Gasteiger charge is 2.18. The zero-order valence-electron chi connectivity index (χ0n) is 7.37. The Morgan fingerprint density at radius 1 is 1.64 bits per heavy atom. The van der Waals surface area contributed by atoms with Crippen LogP contribution in [0.3, 0.4) is 0 Å². The number of rotatable bonds is 2. The molecule has 2 rings (SSSR count). The molecule has 4 nitrogen and oxygen atoms in total. The van der Waals surface area contributed by atoms with Crippen molar-refractivity contribution in [3.63, 3.8) is 0 Å². The molecule has 0 aromatic carbocycles. The number of halogens is 1. The molecule has 0 bridgehead atoms. The van der Waals surface area contributed by atoms with E-state index in [9.17, 15) is 9.18 Å². The van der Waals surface area contributed by atoms with E-state index < -0.39 is 6.04 Å². The van der Waals surface area contributed by atoms with E-state index in [1.807, 2.05) is 0 Å². The highest BCUT2D eigenvalue weighted by atomic mass is 19.1. The maximum Gasteiger partial charge on any atom is 0.333 e. The lowest BCUT2D eigenvalue weighted by Gasteiger charge is -2.07. The summed E-state index contributed by atoms with van der Waals surface area (Å²) in [4.78, 5) is 19.2. The van der Waals surface area contributed by atoms with Crippen molar-refractivity contribution in [2.45, 2.75) is 12.5 Å². The van der Waals surface area contributed by atoms with Gasteiger partial charge in [0.1, 0.15) is 0 Å². The zero-order chi connectivity index (χ0) is 9.97. The Balaban J connectivity index is 2.25. The summed E-state index contributed by atoms with van der Waals surface area (Å²) in [5.74, 6) is 0. The van der Waals surface area contributed by atoms with Gasteiger partial charge in [-0.25, -0.2) is 0 Å². The monoisotopic (exact) mass is 196 g/mol. The van der Waals surface area contributed by atoms with Crippen molar-refractivity contribution in [1.82, 2.24) is 10.5 Å². The molecule has 5 heteroatoms. The van der Waals surface area contributed by atoms with Crippen LogP contribution >= 0.6 is 0 Å². The van der Waals surface area contributed by atoms with E-state index in [-0.39, 0.29) is 11.6 Å². The van der Waals surface area contributed by atoms with Crippen LogP contribution in [0.1, 0.15) is 28.4 Å². The molecule has 0 aliphatic carbocycles. The summed E-state index contributed by atoms with van der Waals surface area (Å²) in [6, 6.07) is 0.0295. The minimum absolute atomic E-state index is 0.00167. The lowest BCUT2D eigenvalue weighted by molar-refractivity contribution is 0.0832. The van der Waals surface area contributed by atoms with Gasteiger partial charge in [-0.2, -0.15) is 9.87 Å². The molecule has 1 aromatic rings. The second-order valence-electron chi connectivity index (χ2n) is 3.09. The fourth-order valence-electron chi connectivity index (χ4n) is 1.39. The third-order valence-corrected chi connectivity index (χ3v) is 2.12. The molecule has 74 valence electrons. The summed E-state index contributed by atoms with van der Waals surface area (Å²) in [6.45, 7) is 0.610. The Morgan fingerprint density at radius 2 is 2.50 bits per heavy atom. The number of hydrogen-bond acceptors (Lipinski definition) is 4. The minimum atomic E-state index is -1.46. The van der Waals surface area contributed by atoms with E-state index in [4.69, 9.17) is 4.84 Å². The Hall–Kier alpha value is -1.33. The molecule has 0 saturated carbocycles. The Morgan fingerprint density at radius 3 is 3.14 bits per heavy atom. The number of pyridine rings is 1. The van der Waals surface area contributed by atoms with Gasteiger partial charge in [0, 0.05) is 12.4 Å². The van der Waals surface area contributed by atoms with E-state index in [2.05, 4.69) is 10.5 Å². The van der Waals surface area contributed by atoms with Gasteiger partial charge in [-0.3, -0.25) is 9.78 Å². The van der Waals surface area contributed by atoms with Crippen LogP contribution in [0.2, 0.25) is 0 Å². The van der Waals surface area contributed by atoms with Crippen molar-refractivity contribution in [2.24, 2.45) is 0 Å². The molecule has 0 radical (unpaired) electrons. The predicted octanol–water partition coefficient (Wildman–Crippen LogP) is 1.16. The molecule has 0 amide bonds. The van der Waals surface area contributed by atoms with Crippen LogP contribution in [-0.2, 0) is 4.84 Å². The summed E-state index contributed by atoms with van der Waals surface area (Å²) in [5.41, 5.74) is 3.52. The third kappa shape index (κ3) is 1.78. The third-order valence-electron chi connectivity index (χ3n) is 2.12. The molecule has 14 heavy (non-hydrogen) atoms. The van der Waals surface area contributed by atoms with Gasteiger partial charge in [0.25, 0.3) is 0 Å². The number of carbonyl (C=O) groups is 1. The van der Waals surface area contributed by atoms with Gasteiger partial charge >= 0.3 is 6.04 Å². The largest absolute Gasteiger partial charge is 0.333 e. The average Bonchev–Trinajstić information content (AvgIpc) is 2.71. The molecule has 1 atom stereocenters. The predicted molar refractivity (Wildman–Crippen MR) is 46.1 cm³/mol. The molecule has 1 aliphatic heterocycles. The number of aromatic nitrogens is 1. The topological polar surface area (TPSA) is 51.2 Å². The van der Waals surface area contributed by atoms with Crippen molar-refractivity contribution in [3.8, 4) is 0 Å². The normalized spacial score (nSPS) is 21.1. The molecular formula is C9H9FN2O2. The molecule has 1 aliphatic rings. The SMILES string of the molecule is O=C(F)c1cncc(C2CCON2)c1. The summed E-state index contributed by atoms with van der Waals surface area (Å²) < 4.78 is 12.4. The van der Waals surface area contributed by atoms with E-state index in [1.165, 1.54) is 12.3 Å². The minimum Gasteiger partial charge on any atom is -0.301 e. The van der Waals surface area contributed by atoms with Gasteiger partial charge in [-0.05, 0) is 18.1 Å². The smallest absolute Gasteiger partial charge is 0.301 e. The first-order valence-electron chi connectivity index (χ1n) is 4.29. The summed E-state index contributed by atoms with van der Waals surface area (Å²) in [5, 5.41) is 0. The van der Waals surface area contributed by atoms with Gasteiger partial charge in [-0.15, -0.1) is 0 Å². The van der Waals surface area contributed by atoms with Crippen molar-refractivity contribution >= 4 is 6.04 Å². The first-order chi connectivity index (χ1) is 6.77. The first-order valence-corrected chi connectivity index (χ1v) is 4.29. The summed E-state index contributed by atoms with van der Waals surface area (Å²) in [7, 11) is 0. The van der Waals surface area contributed by atoms with Gasteiger partial charge in [0.05, 0.1) is 18.2 Å². The molecule has 1 N–H and O–H groups in total. The molecule has 2 heterocycles. The van der Waals surface area contributed by atoms with Crippen LogP contribution in [0.15, 0.2) is 18.5 Å². The van der Waals surface area contributed by atoms with Gasteiger partial charge < -0.3 is 4.84 Å². The van der Waals surface area contributed by atoms with Crippen molar-refractivity contribution in [3.05, 3.63) is 29.6 Å². The highest BCUT2D eigenvalue weighted by molar-refractivity contribution is 5.88. The lowest BCUT2D eigenvalue weighted by Crippen LogP contribution is -2.12. The molecule has 1 fully saturated rings. The van der Waals surface area contributed by atoms with E-state index in [1.54, 1.807) is 6.20 Å². The quantitative estimate of drug-likeness (QED) is 0.721.